The predicted octanol–water partition coefficient (Wildman–Crippen LogP) is 3.09. The van der Waals surface area contributed by atoms with E-state index in [-0.39, 0.29) is 0 Å². The van der Waals surface area contributed by atoms with Crippen molar-refractivity contribution >= 4 is 16.7 Å². The lowest BCUT2D eigenvalue weighted by Crippen LogP contribution is -1.99. The molecule has 0 unspecified atom stereocenters. The van der Waals surface area contributed by atoms with Crippen LogP contribution in [0.4, 0.5) is 5.13 Å². The summed E-state index contributed by atoms with van der Waals surface area (Å²) >= 11 is 1.45. The van der Waals surface area contributed by atoms with E-state index in [9.17, 15) is 0 Å². The van der Waals surface area contributed by atoms with Crippen molar-refractivity contribution in [3.63, 3.8) is 0 Å². The molecule has 82 valence electrons. The second kappa shape index (κ2) is 3.87. The maximum Gasteiger partial charge on any atom is 0.203 e. The van der Waals surface area contributed by atoms with Crippen LogP contribution in [-0.4, -0.2) is 15.4 Å². The lowest BCUT2D eigenvalue weighted by atomic mass is 10.1. The number of anilines is 1. The van der Waals surface area contributed by atoms with Gasteiger partial charge in [-0.2, -0.15) is 9.36 Å². The van der Waals surface area contributed by atoms with Crippen LogP contribution in [0, 0.1) is 6.92 Å². The highest BCUT2D eigenvalue weighted by Gasteiger charge is 2.22. The lowest BCUT2D eigenvalue weighted by Gasteiger charge is -1.99. The van der Waals surface area contributed by atoms with E-state index in [0.29, 0.717) is 6.04 Å². The third-order valence-corrected chi connectivity index (χ3v) is 3.36. The number of aromatic nitrogens is 2. The van der Waals surface area contributed by atoms with E-state index in [0.717, 1.165) is 16.5 Å². The summed E-state index contributed by atoms with van der Waals surface area (Å²) < 4.78 is 4.40. The molecule has 0 atom stereocenters. The van der Waals surface area contributed by atoms with Crippen molar-refractivity contribution < 1.29 is 0 Å². The fourth-order valence-electron chi connectivity index (χ4n) is 1.62. The van der Waals surface area contributed by atoms with E-state index in [1.165, 1.54) is 29.9 Å². The Morgan fingerprint density at radius 1 is 1.31 bits per heavy atom. The van der Waals surface area contributed by atoms with Gasteiger partial charge < -0.3 is 5.32 Å². The second-order valence-electron chi connectivity index (χ2n) is 4.16. The van der Waals surface area contributed by atoms with Gasteiger partial charge in [-0.25, -0.2) is 0 Å². The van der Waals surface area contributed by atoms with Gasteiger partial charge in [0.05, 0.1) is 0 Å². The van der Waals surface area contributed by atoms with Crippen LogP contribution in [0.2, 0.25) is 0 Å². The first-order chi connectivity index (χ1) is 7.83. The molecule has 0 spiro atoms. The summed E-state index contributed by atoms with van der Waals surface area (Å²) in [7, 11) is 0. The SMILES string of the molecule is Cc1ccccc1-c1nsc(NC2CC2)n1. The van der Waals surface area contributed by atoms with Crippen LogP contribution < -0.4 is 5.32 Å². The van der Waals surface area contributed by atoms with Gasteiger partial charge in [0.1, 0.15) is 0 Å². The summed E-state index contributed by atoms with van der Waals surface area (Å²) in [5.74, 6) is 0.839. The van der Waals surface area contributed by atoms with Crippen LogP contribution in [0.25, 0.3) is 11.4 Å². The Morgan fingerprint density at radius 2 is 2.12 bits per heavy atom. The Labute approximate surface area is 98.7 Å². The minimum Gasteiger partial charge on any atom is -0.358 e. The van der Waals surface area contributed by atoms with Gasteiger partial charge in [0.15, 0.2) is 5.82 Å². The largest absolute Gasteiger partial charge is 0.358 e. The van der Waals surface area contributed by atoms with Crippen LogP contribution in [0.5, 0.6) is 0 Å². The molecule has 1 heterocycles. The fraction of sp³-hybridized carbons (Fsp3) is 0.333. The molecule has 0 amide bonds. The molecule has 1 aliphatic rings. The fourth-order valence-corrected chi connectivity index (χ4v) is 2.28. The molecule has 3 nitrogen and oxygen atoms in total. The predicted molar refractivity (Wildman–Crippen MR) is 66.7 cm³/mol. The number of nitrogens with zero attached hydrogens (tertiary/aromatic N) is 2. The van der Waals surface area contributed by atoms with Gasteiger partial charge in [-0.3, -0.25) is 0 Å². The van der Waals surface area contributed by atoms with Crippen molar-refractivity contribution in [3.8, 4) is 11.4 Å². The quantitative estimate of drug-likeness (QED) is 0.882. The van der Waals surface area contributed by atoms with E-state index in [2.05, 4.69) is 33.7 Å². The molecule has 2 aromatic rings. The van der Waals surface area contributed by atoms with E-state index < -0.39 is 0 Å². The molecule has 1 aromatic carbocycles. The normalized spacial score (nSPS) is 15.1. The van der Waals surface area contributed by atoms with Crippen molar-refractivity contribution in [1.82, 2.24) is 9.36 Å². The molecular formula is C12H13N3S. The van der Waals surface area contributed by atoms with Crippen molar-refractivity contribution in [2.45, 2.75) is 25.8 Å². The molecule has 1 N–H and O–H groups in total. The zero-order valence-corrected chi connectivity index (χ0v) is 9.92. The zero-order chi connectivity index (χ0) is 11.0. The van der Waals surface area contributed by atoms with Gasteiger partial charge in [0, 0.05) is 23.1 Å². The number of hydrogen-bond acceptors (Lipinski definition) is 4. The minimum absolute atomic E-state index is 0.637. The van der Waals surface area contributed by atoms with E-state index in [4.69, 9.17) is 0 Å². The molecular weight excluding hydrogens is 218 g/mol. The summed E-state index contributed by atoms with van der Waals surface area (Å²) in [4.78, 5) is 4.52. The van der Waals surface area contributed by atoms with E-state index in [1.54, 1.807) is 0 Å². The number of nitrogens with one attached hydrogen (secondary N) is 1. The Bertz CT molecular complexity index is 502. The summed E-state index contributed by atoms with van der Waals surface area (Å²) in [5, 5.41) is 4.32. The number of benzene rings is 1. The summed E-state index contributed by atoms with van der Waals surface area (Å²) in [6.45, 7) is 2.09. The van der Waals surface area contributed by atoms with Crippen molar-refractivity contribution in [2.24, 2.45) is 0 Å². The molecule has 3 rings (SSSR count). The highest BCUT2D eigenvalue weighted by molar-refractivity contribution is 7.09. The van der Waals surface area contributed by atoms with Crippen LogP contribution in [0.3, 0.4) is 0 Å². The monoisotopic (exact) mass is 231 g/mol. The van der Waals surface area contributed by atoms with Gasteiger partial charge in [0.25, 0.3) is 0 Å². The Morgan fingerprint density at radius 3 is 2.88 bits per heavy atom. The Hall–Kier alpha value is -1.42. The molecule has 0 radical (unpaired) electrons. The first kappa shape index (κ1) is 9.78. The molecule has 1 fully saturated rings. The van der Waals surface area contributed by atoms with Crippen molar-refractivity contribution in [3.05, 3.63) is 29.8 Å². The molecule has 0 aliphatic heterocycles. The third kappa shape index (κ3) is 1.93. The summed E-state index contributed by atoms with van der Waals surface area (Å²) in [6.07, 6.45) is 2.53. The number of rotatable bonds is 3. The van der Waals surface area contributed by atoms with Gasteiger partial charge in [-0.1, -0.05) is 24.3 Å². The highest BCUT2D eigenvalue weighted by atomic mass is 32.1. The molecule has 4 heteroatoms. The Kier molecular flexibility index (Phi) is 2.36. The topological polar surface area (TPSA) is 37.8 Å². The van der Waals surface area contributed by atoms with Gasteiger partial charge in [-0.05, 0) is 25.3 Å². The van der Waals surface area contributed by atoms with Crippen molar-refractivity contribution in [1.29, 1.82) is 0 Å². The van der Waals surface area contributed by atoms with Gasteiger partial charge in [0.2, 0.25) is 5.13 Å². The van der Waals surface area contributed by atoms with Crippen LogP contribution in [0.15, 0.2) is 24.3 Å². The number of hydrogen-bond donors (Lipinski definition) is 1. The van der Waals surface area contributed by atoms with Crippen LogP contribution >= 0.6 is 11.5 Å². The number of aryl methyl sites for hydroxylation is 1. The molecule has 1 aliphatic carbocycles. The average Bonchev–Trinajstić information content (AvgIpc) is 2.97. The smallest absolute Gasteiger partial charge is 0.203 e. The third-order valence-electron chi connectivity index (χ3n) is 2.72. The van der Waals surface area contributed by atoms with Gasteiger partial charge in [-0.15, -0.1) is 0 Å². The zero-order valence-electron chi connectivity index (χ0n) is 9.10. The average molecular weight is 231 g/mol. The summed E-state index contributed by atoms with van der Waals surface area (Å²) in [6, 6.07) is 8.85. The molecule has 0 saturated heterocycles. The lowest BCUT2D eigenvalue weighted by molar-refractivity contribution is 1.14. The standard InChI is InChI=1S/C12H13N3S/c1-8-4-2-3-5-10(8)11-14-12(16-15-11)13-9-6-7-9/h2-5,9H,6-7H2,1H3,(H,13,14,15). The minimum atomic E-state index is 0.637. The second-order valence-corrected chi connectivity index (χ2v) is 4.91. The molecule has 0 bridgehead atoms. The maximum atomic E-state index is 4.52. The van der Waals surface area contributed by atoms with Crippen molar-refractivity contribution in [2.75, 3.05) is 5.32 Å². The van der Waals surface area contributed by atoms with Crippen LogP contribution in [0.1, 0.15) is 18.4 Å². The van der Waals surface area contributed by atoms with E-state index >= 15 is 0 Å². The highest BCUT2D eigenvalue weighted by Crippen LogP contribution is 2.28. The molecule has 1 aromatic heterocycles. The first-order valence-electron chi connectivity index (χ1n) is 5.49. The Balaban J connectivity index is 1.88. The summed E-state index contributed by atoms with van der Waals surface area (Å²) in [5.41, 5.74) is 2.35. The van der Waals surface area contributed by atoms with Crippen LogP contribution in [-0.2, 0) is 0 Å². The van der Waals surface area contributed by atoms with E-state index in [1.807, 2.05) is 12.1 Å². The first-order valence-corrected chi connectivity index (χ1v) is 6.26. The maximum absolute atomic E-state index is 4.52. The van der Waals surface area contributed by atoms with Gasteiger partial charge >= 0.3 is 0 Å². The molecule has 1 saturated carbocycles. The molecule has 16 heavy (non-hydrogen) atoms.